The van der Waals surface area contributed by atoms with Crippen LogP contribution in [-0.2, 0) is 9.47 Å². The molecule has 1 aliphatic heterocycles. The molecule has 0 radical (unpaired) electrons. The maximum absolute atomic E-state index is 10.0. The van der Waals surface area contributed by atoms with Gasteiger partial charge < -0.3 is 19.9 Å². The van der Waals surface area contributed by atoms with Gasteiger partial charge in [0.15, 0.2) is 0 Å². The highest BCUT2D eigenvalue weighted by atomic mass is 16.5. The third-order valence-corrected chi connectivity index (χ3v) is 4.41. The van der Waals surface area contributed by atoms with E-state index in [9.17, 15) is 5.11 Å². The second-order valence-corrected chi connectivity index (χ2v) is 6.25. The number of ether oxygens (including phenoxy) is 2. The van der Waals surface area contributed by atoms with Gasteiger partial charge in [0.05, 0.1) is 25.4 Å². The van der Waals surface area contributed by atoms with Gasteiger partial charge in [0, 0.05) is 19.2 Å². The molecule has 3 atom stereocenters. The van der Waals surface area contributed by atoms with E-state index in [4.69, 9.17) is 9.47 Å². The summed E-state index contributed by atoms with van der Waals surface area (Å²) in [5.41, 5.74) is 3.89. The summed E-state index contributed by atoms with van der Waals surface area (Å²) in [5.74, 6) is 0. The predicted molar refractivity (Wildman–Crippen MR) is 88.1 cm³/mol. The Bertz CT molecular complexity index is 458. The minimum absolute atomic E-state index is 0.215. The molecule has 124 valence electrons. The fraction of sp³-hybridized carbons (Fsp3) is 0.667. The van der Waals surface area contributed by atoms with E-state index in [0.717, 1.165) is 19.4 Å². The Hall–Kier alpha value is -0.940. The number of aliphatic hydroxyl groups is 1. The average Bonchev–Trinajstić information content (AvgIpc) is 3.01. The number of aryl methyl sites for hydroxylation is 1. The van der Waals surface area contributed by atoms with Gasteiger partial charge in [0.1, 0.15) is 0 Å². The Balaban J connectivity index is 1.68. The number of nitrogens with one attached hydrogen (secondary N) is 1. The largest absolute Gasteiger partial charge is 0.389 e. The Morgan fingerprint density at radius 2 is 2.23 bits per heavy atom. The van der Waals surface area contributed by atoms with Gasteiger partial charge in [0.25, 0.3) is 0 Å². The van der Waals surface area contributed by atoms with Crippen molar-refractivity contribution < 1.29 is 14.6 Å². The van der Waals surface area contributed by atoms with Crippen LogP contribution in [0.15, 0.2) is 18.2 Å². The van der Waals surface area contributed by atoms with Crippen molar-refractivity contribution in [3.63, 3.8) is 0 Å². The minimum Gasteiger partial charge on any atom is -0.389 e. The Labute approximate surface area is 133 Å². The predicted octanol–water partition coefficient (Wildman–Crippen LogP) is 2.51. The smallest absolute Gasteiger partial charge is 0.0897 e. The SMILES string of the molecule is Cc1cccc(C(C)NCC(O)COCC2CCCO2)c1C. The topological polar surface area (TPSA) is 50.7 Å². The molecule has 0 aromatic heterocycles. The van der Waals surface area contributed by atoms with Crippen LogP contribution in [-0.4, -0.2) is 43.7 Å². The van der Waals surface area contributed by atoms with Crippen molar-refractivity contribution >= 4 is 0 Å². The highest BCUT2D eigenvalue weighted by Gasteiger charge is 2.16. The maximum atomic E-state index is 10.0. The van der Waals surface area contributed by atoms with E-state index in [1.165, 1.54) is 16.7 Å². The lowest BCUT2D eigenvalue weighted by atomic mass is 9.98. The van der Waals surface area contributed by atoms with E-state index in [2.05, 4.69) is 44.3 Å². The molecule has 0 amide bonds. The van der Waals surface area contributed by atoms with Gasteiger partial charge in [-0.05, 0) is 50.3 Å². The lowest BCUT2D eigenvalue weighted by molar-refractivity contribution is -0.0168. The monoisotopic (exact) mass is 307 g/mol. The van der Waals surface area contributed by atoms with Crippen LogP contribution in [0.1, 0.15) is 42.5 Å². The van der Waals surface area contributed by atoms with Crippen LogP contribution >= 0.6 is 0 Å². The van der Waals surface area contributed by atoms with E-state index in [0.29, 0.717) is 19.8 Å². The first-order valence-corrected chi connectivity index (χ1v) is 8.25. The fourth-order valence-electron chi connectivity index (χ4n) is 2.84. The Kier molecular flexibility index (Phi) is 6.83. The molecule has 0 saturated carbocycles. The number of aliphatic hydroxyl groups excluding tert-OH is 1. The Morgan fingerprint density at radius 1 is 1.41 bits per heavy atom. The van der Waals surface area contributed by atoms with E-state index >= 15 is 0 Å². The van der Waals surface area contributed by atoms with Crippen molar-refractivity contribution in [2.75, 3.05) is 26.4 Å². The highest BCUT2D eigenvalue weighted by molar-refractivity contribution is 5.34. The van der Waals surface area contributed by atoms with Gasteiger partial charge in [-0.25, -0.2) is 0 Å². The maximum Gasteiger partial charge on any atom is 0.0897 e. The number of rotatable bonds is 8. The van der Waals surface area contributed by atoms with Crippen LogP contribution in [0.5, 0.6) is 0 Å². The van der Waals surface area contributed by atoms with Gasteiger partial charge in [-0.3, -0.25) is 0 Å². The molecule has 1 aromatic carbocycles. The van der Waals surface area contributed by atoms with Crippen molar-refractivity contribution in [3.8, 4) is 0 Å². The van der Waals surface area contributed by atoms with Crippen molar-refractivity contribution in [1.82, 2.24) is 5.32 Å². The lowest BCUT2D eigenvalue weighted by Crippen LogP contribution is -2.33. The van der Waals surface area contributed by atoms with Gasteiger partial charge in [-0.1, -0.05) is 18.2 Å². The summed E-state index contributed by atoms with van der Waals surface area (Å²) < 4.78 is 11.0. The first kappa shape index (κ1) is 17.4. The number of hydrogen-bond acceptors (Lipinski definition) is 4. The quantitative estimate of drug-likeness (QED) is 0.775. The normalized spacial score (nSPS) is 21.0. The third-order valence-electron chi connectivity index (χ3n) is 4.41. The summed E-state index contributed by atoms with van der Waals surface area (Å²) in [6.07, 6.45) is 1.91. The second kappa shape index (κ2) is 8.63. The van der Waals surface area contributed by atoms with Crippen molar-refractivity contribution in [1.29, 1.82) is 0 Å². The zero-order valence-electron chi connectivity index (χ0n) is 14.0. The zero-order chi connectivity index (χ0) is 15.9. The summed E-state index contributed by atoms with van der Waals surface area (Å²) in [6, 6.07) is 6.56. The van der Waals surface area contributed by atoms with Crippen LogP contribution in [0.4, 0.5) is 0 Å². The molecule has 3 unspecified atom stereocenters. The standard InChI is InChI=1S/C18H29NO3/c1-13-6-4-8-18(14(13)2)15(3)19-10-16(20)11-21-12-17-7-5-9-22-17/h4,6,8,15-17,19-20H,5,7,9-12H2,1-3H3. The molecule has 4 nitrogen and oxygen atoms in total. The molecule has 0 bridgehead atoms. The summed E-state index contributed by atoms with van der Waals surface area (Å²) in [6.45, 7) is 8.70. The summed E-state index contributed by atoms with van der Waals surface area (Å²) in [7, 11) is 0. The first-order chi connectivity index (χ1) is 10.6. The van der Waals surface area contributed by atoms with Crippen LogP contribution in [0, 0.1) is 13.8 Å². The molecule has 1 saturated heterocycles. The van der Waals surface area contributed by atoms with Gasteiger partial charge in [-0.15, -0.1) is 0 Å². The first-order valence-electron chi connectivity index (χ1n) is 8.25. The van der Waals surface area contributed by atoms with E-state index in [1.807, 2.05) is 0 Å². The molecule has 1 heterocycles. The molecule has 1 fully saturated rings. The minimum atomic E-state index is -0.492. The van der Waals surface area contributed by atoms with Crippen LogP contribution in [0.3, 0.4) is 0 Å². The molecule has 22 heavy (non-hydrogen) atoms. The second-order valence-electron chi connectivity index (χ2n) is 6.25. The van der Waals surface area contributed by atoms with Gasteiger partial charge >= 0.3 is 0 Å². The van der Waals surface area contributed by atoms with Crippen molar-refractivity contribution in [3.05, 3.63) is 34.9 Å². The van der Waals surface area contributed by atoms with Gasteiger partial charge in [0.2, 0.25) is 0 Å². The molecule has 4 heteroatoms. The molecular weight excluding hydrogens is 278 g/mol. The number of hydrogen-bond donors (Lipinski definition) is 2. The fourth-order valence-corrected chi connectivity index (χ4v) is 2.84. The molecule has 1 aromatic rings. The number of benzene rings is 1. The Morgan fingerprint density at radius 3 is 2.95 bits per heavy atom. The average molecular weight is 307 g/mol. The van der Waals surface area contributed by atoms with Crippen molar-refractivity contribution in [2.24, 2.45) is 0 Å². The van der Waals surface area contributed by atoms with E-state index in [-0.39, 0.29) is 12.1 Å². The van der Waals surface area contributed by atoms with Crippen LogP contribution < -0.4 is 5.32 Å². The molecular formula is C18H29NO3. The molecule has 2 N–H and O–H groups in total. The molecule has 2 rings (SSSR count). The highest BCUT2D eigenvalue weighted by Crippen LogP contribution is 2.20. The van der Waals surface area contributed by atoms with E-state index < -0.39 is 6.10 Å². The van der Waals surface area contributed by atoms with Crippen LogP contribution in [0.25, 0.3) is 0 Å². The molecule has 0 spiro atoms. The summed E-state index contributed by atoms with van der Waals surface area (Å²) in [4.78, 5) is 0. The zero-order valence-corrected chi connectivity index (χ0v) is 14.0. The summed E-state index contributed by atoms with van der Waals surface area (Å²) in [5, 5.41) is 13.4. The van der Waals surface area contributed by atoms with Gasteiger partial charge in [-0.2, -0.15) is 0 Å². The third kappa shape index (κ3) is 5.06. The molecule has 1 aliphatic rings. The van der Waals surface area contributed by atoms with Crippen LogP contribution in [0.2, 0.25) is 0 Å². The van der Waals surface area contributed by atoms with E-state index in [1.54, 1.807) is 0 Å². The summed E-state index contributed by atoms with van der Waals surface area (Å²) >= 11 is 0. The lowest BCUT2D eigenvalue weighted by Gasteiger charge is -2.20. The molecule has 0 aliphatic carbocycles. The van der Waals surface area contributed by atoms with Crippen molar-refractivity contribution in [2.45, 2.75) is 51.9 Å².